The van der Waals surface area contributed by atoms with Gasteiger partial charge in [-0.05, 0) is 44.1 Å². The Hall–Kier alpha value is -0.180. The molecule has 0 aromatic rings. The first-order valence-corrected chi connectivity index (χ1v) is 6.86. The van der Waals surface area contributed by atoms with Gasteiger partial charge in [0.25, 0.3) is 0 Å². The van der Waals surface area contributed by atoms with E-state index < -0.39 is 5.92 Å². The molecule has 1 aliphatic rings. The summed E-state index contributed by atoms with van der Waals surface area (Å²) < 4.78 is 26.7. The van der Waals surface area contributed by atoms with Crippen LogP contribution >= 0.6 is 0 Å². The molecule has 0 aromatic carbocycles. The average molecular weight is 247 g/mol. The molecule has 1 nitrogen and oxygen atoms in total. The predicted octanol–water partition coefficient (Wildman–Crippen LogP) is 4.23. The Morgan fingerprint density at radius 1 is 1.41 bits per heavy atom. The molecule has 0 heterocycles. The van der Waals surface area contributed by atoms with E-state index in [9.17, 15) is 8.78 Å². The van der Waals surface area contributed by atoms with Crippen molar-refractivity contribution in [3.63, 3.8) is 0 Å². The van der Waals surface area contributed by atoms with Crippen molar-refractivity contribution in [2.24, 2.45) is 11.3 Å². The van der Waals surface area contributed by atoms with Gasteiger partial charge in [0.1, 0.15) is 0 Å². The number of alkyl halides is 2. The van der Waals surface area contributed by atoms with E-state index >= 15 is 0 Å². The van der Waals surface area contributed by atoms with E-state index in [1.54, 1.807) is 0 Å². The molecule has 0 aliphatic heterocycles. The van der Waals surface area contributed by atoms with Crippen molar-refractivity contribution in [2.45, 2.75) is 71.3 Å². The highest BCUT2D eigenvalue weighted by molar-refractivity contribution is 4.87. The largest absolute Gasteiger partial charge is 0.316 e. The van der Waals surface area contributed by atoms with Crippen LogP contribution in [0.3, 0.4) is 0 Å². The van der Waals surface area contributed by atoms with Crippen molar-refractivity contribution >= 4 is 0 Å². The number of hydrogen-bond donors (Lipinski definition) is 1. The van der Waals surface area contributed by atoms with Crippen LogP contribution in [0.2, 0.25) is 0 Å². The summed E-state index contributed by atoms with van der Waals surface area (Å²) in [7, 11) is 1.95. The molecule has 3 heteroatoms. The summed E-state index contributed by atoms with van der Waals surface area (Å²) in [6, 6.07) is 0.339. The summed E-state index contributed by atoms with van der Waals surface area (Å²) in [5, 5.41) is 3.32. The summed E-state index contributed by atoms with van der Waals surface area (Å²) in [6.45, 7) is 6.60. The van der Waals surface area contributed by atoms with Gasteiger partial charge in [-0.2, -0.15) is 0 Å². The minimum Gasteiger partial charge on any atom is -0.316 e. The van der Waals surface area contributed by atoms with Gasteiger partial charge >= 0.3 is 0 Å². The number of halogens is 2. The van der Waals surface area contributed by atoms with Gasteiger partial charge in [0, 0.05) is 18.9 Å². The highest BCUT2D eigenvalue weighted by Gasteiger charge is 2.38. The van der Waals surface area contributed by atoms with E-state index in [1.807, 2.05) is 7.05 Å². The summed E-state index contributed by atoms with van der Waals surface area (Å²) in [4.78, 5) is 0. The highest BCUT2D eigenvalue weighted by Crippen LogP contribution is 2.40. The van der Waals surface area contributed by atoms with E-state index in [2.05, 4.69) is 26.1 Å². The van der Waals surface area contributed by atoms with Crippen LogP contribution < -0.4 is 5.32 Å². The normalized spacial score (nSPS) is 26.8. The second kappa shape index (κ2) is 5.64. The summed E-state index contributed by atoms with van der Waals surface area (Å²) in [5.41, 5.74) is 0.182. The molecule has 2 atom stereocenters. The van der Waals surface area contributed by atoms with Crippen molar-refractivity contribution in [1.29, 1.82) is 0 Å². The molecular weight excluding hydrogens is 220 g/mol. The third-order valence-corrected chi connectivity index (χ3v) is 4.51. The smallest absolute Gasteiger partial charge is 0.248 e. The number of rotatable bonds is 5. The van der Waals surface area contributed by atoms with Crippen LogP contribution in [0.5, 0.6) is 0 Å². The van der Waals surface area contributed by atoms with Crippen LogP contribution in [-0.4, -0.2) is 19.0 Å². The molecule has 1 rings (SSSR count). The Morgan fingerprint density at radius 2 is 2.06 bits per heavy atom. The number of hydrogen-bond acceptors (Lipinski definition) is 1. The summed E-state index contributed by atoms with van der Waals surface area (Å²) in [6.07, 6.45) is 3.78. The van der Waals surface area contributed by atoms with Crippen molar-refractivity contribution in [3.8, 4) is 0 Å². The molecule has 0 saturated heterocycles. The minimum atomic E-state index is -2.42. The zero-order chi connectivity index (χ0) is 13.1. The molecule has 2 unspecified atom stereocenters. The molecule has 0 bridgehead atoms. The molecule has 0 radical (unpaired) electrons. The molecule has 1 fully saturated rings. The average Bonchev–Trinajstić information content (AvgIpc) is 2.24. The van der Waals surface area contributed by atoms with Crippen molar-refractivity contribution in [3.05, 3.63) is 0 Å². The van der Waals surface area contributed by atoms with Crippen LogP contribution in [0.15, 0.2) is 0 Å². The monoisotopic (exact) mass is 247 g/mol. The highest BCUT2D eigenvalue weighted by atomic mass is 19.3. The molecule has 1 aliphatic carbocycles. The van der Waals surface area contributed by atoms with E-state index in [1.165, 1.54) is 0 Å². The van der Waals surface area contributed by atoms with E-state index in [-0.39, 0.29) is 24.2 Å². The first-order valence-electron chi connectivity index (χ1n) is 6.86. The minimum absolute atomic E-state index is 0.0882. The lowest BCUT2D eigenvalue weighted by Crippen LogP contribution is -2.42. The first-order chi connectivity index (χ1) is 7.80. The van der Waals surface area contributed by atoms with Crippen molar-refractivity contribution in [2.75, 3.05) is 7.05 Å². The molecule has 102 valence electrons. The lowest BCUT2D eigenvalue weighted by Gasteiger charge is -2.38. The predicted molar refractivity (Wildman–Crippen MR) is 68.4 cm³/mol. The Balaban J connectivity index is 2.57. The van der Waals surface area contributed by atoms with Crippen molar-refractivity contribution in [1.82, 2.24) is 5.32 Å². The molecule has 0 aromatic heterocycles. The van der Waals surface area contributed by atoms with Gasteiger partial charge in [-0.25, -0.2) is 8.78 Å². The summed E-state index contributed by atoms with van der Waals surface area (Å²) in [5.74, 6) is -2.24. The van der Waals surface area contributed by atoms with Crippen LogP contribution in [0.1, 0.15) is 59.3 Å². The topological polar surface area (TPSA) is 12.0 Å². The fourth-order valence-electron chi connectivity index (χ4n) is 2.88. The van der Waals surface area contributed by atoms with Gasteiger partial charge in [-0.1, -0.05) is 20.8 Å². The maximum absolute atomic E-state index is 13.4. The molecule has 1 N–H and O–H groups in total. The number of nitrogens with one attached hydrogen (secondary N) is 1. The van der Waals surface area contributed by atoms with Gasteiger partial charge in [0.15, 0.2) is 0 Å². The fraction of sp³-hybridized carbons (Fsp3) is 1.00. The van der Waals surface area contributed by atoms with Crippen LogP contribution in [0.4, 0.5) is 8.78 Å². The first kappa shape index (κ1) is 14.9. The third kappa shape index (κ3) is 4.20. The van der Waals surface area contributed by atoms with E-state index in [0.29, 0.717) is 12.5 Å². The van der Waals surface area contributed by atoms with Gasteiger partial charge in [-0.15, -0.1) is 0 Å². The third-order valence-electron chi connectivity index (χ3n) is 4.51. The molecule has 0 spiro atoms. The zero-order valence-corrected chi connectivity index (χ0v) is 11.7. The van der Waals surface area contributed by atoms with Gasteiger partial charge < -0.3 is 5.32 Å². The van der Waals surface area contributed by atoms with Crippen LogP contribution in [-0.2, 0) is 0 Å². The quantitative estimate of drug-likeness (QED) is 0.766. The van der Waals surface area contributed by atoms with Gasteiger partial charge in [-0.3, -0.25) is 0 Å². The Morgan fingerprint density at radius 3 is 2.53 bits per heavy atom. The molecule has 17 heavy (non-hydrogen) atoms. The fourth-order valence-corrected chi connectivity index (χ4v) is 2.88. The Kier molecular flexibility index (Phi) is 4.94. The maximum atomic E-state index is 13.4. The lowest BCUT2D eigenvalue weighted by atomic mass is 9.74. The van der Waals surface area contributed by atoms with Gasteiger partial charge in [0.05, 0.1) is 0 Å². The standard InChI is InChI=1S/C14H27F2N/c1-5-13(2,3)12(17-4)9-11-7-6-8-14(15,16)10-11/h11-12,17H,5-10H2,1-4H3. The SMILES string of the molecule is CCC(C)(C)C(CC1CCCC(F)(F)C1)NC. The van der Waals surface area contributed by atoms with Crippen LogP contribution in [0, 0.1) is 11.3 Å². The maximum Gasteiger partial charge on any atom is 0.248 e. The van der Waals surface area contributed by atoms with E-state index in [0.717, 1.165) is 19.3 Å². The second-order valence-electron chi connectivity index (χ2n) is 6.24. The molecule has 1 saturated carbocycles. The van der Waals surface area contributed by atoms with E-state index in [4.69, 9.17) is 0 Å². The lowest BCUT2D eigenvalue weighted by molar-refractivity contribution is -0.0566. The van der Waals surface area contributed by atoms with Crippen LogP contribution in [0.25, 0.3) is 0 Å². The second-order valence-corrected chi connectivity index (χ2v) is 6.24. The summed E-state index contributed by atoms with van der Waals surface area (Å²) >= 11 is 0. The molecular formula is C14H27F2N. The Bertz CT molecular complexity index is 238. The zero-order valence-electron chi connectivity index (χ0n) is 11.7. The van der Waals surface area contributed by atoms with Crippen molar-refractivity contribution < 1.29 is 8.78 Å². The van der Waals surface area contributed by atoms with Gasteiger partial charge in [0.2, 0.25) is 5.92 Å². The molecule has 0 amide bonds. The Labute approximate surface area is 104 Å².